The molecule has 240 valence electrons. The molecule has 1 heterocycles. The van der Waals surface area contributed by atoms with Crippen molar-refractivity contribution in [1.29, 1.82) is 0 Å². The zero-order chi connectivity index (χ0) is 31.1. The van der Waals surface area contributed by atoms with E-state index < -0.39 is 0 Å². The van der Waals surface area contributed by atoms with Crippen LogP contribution in [0.15, 0.2) is 16.8 Å². The molecule has 5 aliphatic rings. The molecular weight excluding hydrogens is 540 g/mol. The minimum absolute atomic E-state index is 0.117. The lowest BCUT2D eigenvalue weighted by atomic mass is 9.46. The fourth-order valence-corrected chi connectivity index (χ4v) is 10.0. The zero-order valence-electron chi connectivity index (χ0n) is 27.8. The molecular formula is C35H56N4O4. The molecule has 4 fully saturated rings. The summed E-state index contributed by atoms with van der Waals surface area (Å²) < 4.78 is 0. The first kappa shape index (κ1) is 32.2. The normalized spacial score (nSPS) is 37.3. The monoisotopic (exact) mass is 596 g/mol. The van der Waals surface area contributed by atoms with Crippen molar-refractivity contribution >= 4 is 23.5 Å². The molecule has 8 atom stereocenters. The van der Waals surface area contributed by atoms with Crippen molar-refractivity contribution < 1.29 is 19.2 Å². The summed E-state index contributed by atoms with van der Waals surface area (Å²) >= 11 is 0. The van der Waals surface area contributed by atoms with Gasteiger partial charge in [0.1, 0.15) is 0 Å². The van der Waals surface area contributed by atoms with Crippen LogP contribution >= 0.6 is 0 Å². The third kappa shape index (κ3) is 6.32. The molecule has 1 aliphatic heterocycles. The van der Waals surface area contributed by atoms with Crippen molar-refractivity contribution in [3.05, 3.63) is 11.6 Å². The van der Waals surface area contributed by atoms with Crippen molar-refractivity contribution in [1.82, 2.24) is 15.1 Å². The Morgan fingerprint density at radius 3 is 2.53 bits per heavy atom. The van der Waals surface area contributed by atoms with Crippen LogP contribution in [-0.2, 0) is 14.4 Å². The highest BCUT2D eigenvalue weighted by molar-refractivity contribution is 5.91. The molecule has 0 spiro atoms. The Hall–Kier alpha value is -2.22. The van der Waals surface area contributed by atoms with E-state index in [1.54, 1.807) is 23.9 Å². The molecule has 43 heavy (non-hydrogen) atoms. The fraction of sp³-hybridized carbons (Fsp3) is 0.829. The van der Waals surface area contributed by atoms with Crippen LogP contribution in [0.5, 0.6) is 0 Å². The Labute approximate surface area is 259 Å². The van der Waals surface area contributed by atoms with E-state index in [0.717, 1.165) is 44.2 Å². The van der Waals surface area contributed by atoms with Crippen LogP contribution in [0.2, 0.25) is 0 Å². The van der Waals surface area contributed by atoms with E-state index >= 15 is 0 Å². The molecule has 1 saturated heterocycles. The lowest BCUT2D eigenvalue weighted by Crippen LogP contribution is -2.51. The molecule has 1 N–H and O–H groups in total. The molecule has 0 aromatic rings. The second-order valence-corrected chi connectivity index (χ2v) is 15.6. The highest BCUT2D eigenvalue weighted by Gasteiger charge is 2.59. The van der Waals surface area contributed by atoms with Gasteiger partial charge >= 0.3 is 6.09 Å². The maximum absolute atomic E-state index is 13.3. The smallest absolute Gasteiger partial charge is 0.347 e. The molecule has 8 heteroatoms. The standard InChI is InChI=1S/C35H56N4O4/c1-22(2)21-39(19-16-25-9-13-31(36-25)32(41)38(6)7)33(42)43-37-23(3)28-11-12-29-27-10-8-24-20-26(40)14-17-34(24,4)30(27)15-18-35(28,29)5/h20,22,25,27-31,36H,8-19,21H2,1-7H3/b37-23+/t25?,27-,28+,29-,30-,31?,34-,35+/m0/s1. The van der Waals surface area contributed by atoms with Gasteiger partial charge in [0.05, 0.1) is 11.8 Å². The average molecular weight is 597 g/mol. The maximum atomic E-state index is 13.3. The van der Waals surface area contributed by atoms with Crippen LogP contribution in [0.25, 0.3) is 0 Å². The molecule has 5 rings (SSSR count). The number of hydrogen-bond acceptors (Lipinski definition) is 6. The lowest BCUT2D eigenvalue weighted by Gasteiger charge is -2.58. The van der Waals surface area contributed by atoms with Crippen molar-refractivity contribution in [2.45, 2.75) is 117 Å². The highest BCUT2D eigenvalue weighted by Crippen LogP contribution is 2.66. The van der Waals surface area contributed by atoms with Crippen LogP contribution < -0.4 is 5.32 Å². The number of hydrogen-bond donors (Lipinski definition) is 1. The molecule has 2 amide bonds. The van der Waals surface area contributed by atoms with Gasteiger partial charge in [0.25, 0.3) is 0 Å². The van der Waals surface area contributed by atoms with Gasteiger partial charge in [-0.3, -0.25) is 14.4 Å². The maximum Gasteiger partial charge on any atom is 0.435 e. The number of nitrogens with one attached hydrogen (secondary N) is 1. The van der Waals surface area contributed by atoms with E-state index in [1.807, 2.05) is 6.08 Å². The molecule has 0 bridgehead atoms. The van der Waals surface area contributed by atoms with E-state index in [4.69, 9.17) is 4.84 Å². The quantitative estimate of drug-likeness (QED) is 0.205. The number of likely N-dealkylation sites (N-methyl/N-ethyl adjacent to an activating group) is 1. The zero-order valence-corrected chi connectivity index (χ0v) is 27.8. The summed E-state index contributed by atoms with van der Waals surface area (Å²) in [6, 6.07) is 0.0843. The second kappa shape index (κ2) is 12.6. The van der Waals surface area contributed by atoms with Gasteiger partial charge in [0.2, 0.25) is 5.91 Å². The van der Waals surface area contributed by atoms with Gasteiger partial charge in [-0.2, -0.15) is 0 Å². The topological polar surface area (TPSA) is 91.3 Å². The van der Waals surface area contributed by atoms with Crippen LogP contribution in [0.1, 0.15) is 105 Å². The minimum atomic E-state index is -0.373. The molecule has 2 unspecified atom stereocenters. The number of fused-ring (bicyclic) bond motifs is 5. The summed E-state index contributed by atoms with van der Waals surface area (Å²) in [4.78, 5) is 46.9. The van der Waals surface area contributed by atoms with Crippen LogP contribution in [0, 0.1) is 40.4 Å². The van der Waals surface area contributed by atoms with Crippen molar-refractivity contribution in [3.8, 4) is 0 Å². The predicted molar refractivity (Wildman–Crippen MR) is 169 cm³/mol. The van der Waals surface area contributed by atoms with Gasteiger partial charge in [-0.15, -0.1) is 0 Å². The van der Waals surface area contributed by atoms with E-state index in [0.29, 0.717) is 54.9 Å². The van der Waals surface area contributed by atoms with E-state index in [-0.39, 0.29) is 34.9 Å². The van der Waals surface area contributed by atoms with Crippen LogP contribution in [0.3, 0.4) is 0 Å². The van der Waals surface area contributed by atoms with E-state index in [2.05, 4.69) is 45.1 Å². The summed E-state index contributed by atoms with van der Waals surface area (Å²) in [5, 5.41) is 7.97. The average Bonchev–Trinajstić information content (AvgIpc) is 3.57. The van der Waals surface area contributed by atoms with E-state index in [9.17, 15) is 14.4 Å². The Bertz CT molecular complexity index is 1150. The molecule has 0 radical (unpaired) electrons. The van der Waals surface area contributed by atoms with Gasteiger partial charge < -0.3 is 15.1 Å². The third-order valence-electron chi connectivity index (χ3n) is 12.3. The summed E-state index contributed by atoms with van der Waals surface area (Å²) in [6.45, 7) is 12.4. The summed E-state index contributed by atoms with van der Waals surface area (Å²) in [5.41, 5.74) is 2.74. The number of ketones is 1. The van der Waals surface area contributed by atoms with Crippen molar-refractivity contribution in [3.63, 3.8) is 0 Å². The first-order valence-corrected chi connectivity index (χ1v) is 17.0. The second-order valence-electron chi connectivity index (χ2n) is 15.6. The Morgan fingerprint density at radius 1 is 1.05 bits per heavy atom. The molecule has 0 aromatic carbocycles. The van der Waals surface area contributed by atoms with Gasteiger partial charge in [0.15, 0.2) is 5.78 Å². The largest absolute Gasteiger partial charge is 0.435 e. The van der Waals surface area contributed by atoms with Crippen LogP contribution in [-0.4, -0.2) is 72.6 Å². The van der Waals surface area contributed by atoms with E-state index in [1.165, 1.54) is 31.3 Å². The molecule has 0 aromatic heterocycles. The number of rotatable bonds is 8. The predicted octanol–water partition coefficient (Wildman–Crippen LogP) is 6.20. The molecule has 3 saturated carbocycles. The van der Waals surface area contributed by atoms with Gasteiger partial charge in [0, 0.05) is 45.6 Å². The molecule has 4 aliphatic carbocycles. The Morgan fingerprint density at radius 2 is 1.81 bits per heavy atom. The number of carbonyl (C=O) groups is 3. The summed E-state index contributed by atoms with van der Waals surface area (Å²) in [6.07, 6.45) is 12.9. The van der Waals surface area contributed by atoms with Crippen molar-refractivity contribution in [2.24, 2.45) is 45.6 Å². The fourth-order valence-electron chi connectivity index (χ4n) is 10.0. The lowest BCUT2D eigenvalue weighted by molar-refractivity contribution is -0.130. The molecule has 8 nitrogen and oxygen atoms in total. The number of nitrogens with zero attached hydrogens (tertiary/aromatic N) is 3. The number of oxime groups is 1. The van der Waals surface area contributed by atoms with Gasteiger partial charge in [-0.1, -0.05) is 38.4 Å². The number of amides is 2. The number of carbonyl (C=O) groups excluding carboxylic acids is 3. The SMILES string of the molecule is C/C(=N\OC(=O)N(CCC1CCC(C(=O)N(C)C)N1)CC(C)C)[C@H]1CC[C@H]2[C@@H]3CCC4=CC(=O)CC[C@]4(C)[C@H]3CC[C@]12C. The third-order valence-corrected chi connectivity index (χ3v) is 12.3. The minimum Gasteiger partial charge on any atom is -0.347 e. The number of allylic oxidation sites excluding steroid dienone is 1. The first-order valence-electron chi connectivity index (χ1n) is 17.0. The van der Waals surface area contributed by atoms with Crippen molar-refractivity contribution in [2.75, 3.05) is 27.2 Å². The Kier molecular flexibility index (Phi) is 9.46. The summed E-state index contributed by atoms with van der Waals surface area (Å²) in [5.74, 6) is 3.12. The summed E-state index contributed by atoms with van der Waals surface area (Å²) in [7, 11) is 3.59. The van der Waals surface area contributed by atoms with Gasteiger partial charge in [-0.25, -0.2) is 4.79 Å². The highest BCUT2D eigenvalue weighted by atomic mass is 16.7. The van der Waals surface area contributed by atoms with Gasteiger partial charge in [-0.05, 0) is 112 Å². The Balaban J connectivity index is 1.20. The van der Waals surface area contributed by atoms with Crippen LogP contribution in [0.4, 0.5) is 4.79 Å². The first-order chi connectivity index (χ1) is 20.3.